The Labute approximate surface area is 128 Å². The summed E-state index contributed by atoms with van der Waals surface area (Å²) >= 11 is 9.41. The van der Waals surface area contributed by atoms with Crippen LogP contribution in [0.2, 0.25) is 5.02 Å². The van der Waals surface area contributed by atoms with Crippen LogP contribution < -0.4 is 0 Å². The Kier molecular flexibility index (Phi) is 3.32. The summed E-state index contributed by atoms with van der Waals surface area (Å²) in [5.41, 5.74) is 0.468. The molecular weight excluding hydrogens is 364 g/mol. The van der Waals surface area contributed by atoms with Gasteiger partial charge in [0.05, 0.1) is 15.3 Å². The first kappa shape index (κ1) is 13.6. The van der Waals surface area contributed by atoms with Crippen molar-refractivity contribution in [3.8, 4) is 0 Å². The Morgan fingerprint density at radius 3 is 2.60 bits per heavy atom. The zero-order chi connectivity index (χ0) is 14.3. The fourth-order valence-corrected chi connectivity index (χ4v) is 4.60. The van der Waals surface area contributed by atoms with Gasteiger partial charge in [0.1, 0.15) is 10.5 Å². The number of aromatic nitrogens is 2. The van der Waals surface area contributed by atoms with E-state index in [-0.39, 0.29) is 14.8 Å². The van der Waals surface area contributed by atoms with Crippen LogP contribution in [0.5, 0.6) is 0 Å². The number of aromatic amines is 1. The lowest BCUT2D eigenvalue weighted by atomic mass is 10.3. The van der Waals surface area contributed by atoms with Crippen molar-refractivity contribution in [1.29, 1.82) is 0 Å². The molecule has 0 radical (unpaired) electrons. The number of hydrogen-bond donors (Lipinski definition) is 1. The van der Waals surface area contributed by atoms with Crippen molar-refractivity contribution < 1.29 is 8.42 Å². The van der Waals surface area contributed by atoms with E-state index in [0.717, 1.165) is 0 Å². The fourth-order valence-electron chi connectivity index (χ4n) is 1.99. The zero-order valence-electron chi connectivity index (χ0n) is 9.97. The average Bonchev–Trinajstić information content (AvgIpc) is 2.81. The molecule has 0 bridgehead atoms. The minimum atomic E-state index is -3.71. The van der Waals surface area contributed by atoms with Gasteiger partial charge in [-0.3, -0.25) is 0 Å². The summed E-state index contributed by atoms with van der Waals surface area (Å²) in [7, 11) is -3.71. The maximum absolute atomic E-state index is 12.8. The molecule has 3 aromatic rings. The first-order valence-electron chi connectivity index (χ1n) is 5.63. The van der Waals surface area contributed by atoms with Crippen molar-refractivity contribution in [3.05, 3.63) is 52.2 Å². The molecule has 0 spiro atoms. The molecule has 0 saturated carbocycles. The third kappa shape index (κ3) is 2.04. The summed E-state index contributed by atoms with van der Waals surface area (Å²) in [4.78, 5) is 7.24. The number of fused-ring (bicyclic) bond motifs is 1. The van der Waals surface area contributed by atoms with E-state index in [0.29, 0.717) is 15.5 Å². The van der Waals surface area contributed by atoms with Crippen LogP contribution in [0.25, 0.3) is 11.0 Å². The van der Waals surface area contributed by atoms with Crippen LogP contribution in [0.1, 0.15) is 0 Å². The molecule has 1 N–H and O–H groups in total. The van der Waals surface area contributed by atoms with Crippen LogP contribution in [-0.4, -0.2) is 18.4 Å². The standard InChI is InChI=1S/C13H8BrClN2O2S/c14-9-6-16-13-11(9)12(10(15)7-17-13)20(18,19)8-4-2-1-3-5-8/h1-7H,(H,16,17). The summed E-state index contributed by atoms with van der Waals surface area (Å²) < 4.78 is 26.2. The van der Waals surface area contributed by atoms with E-state index in [9.17, 15) is 8.42 Å². The normalized spacial score (nSPS) is 11.9. The third-order valence-electron chi connectivity index (χ3n) is 2.88. The van der Waals surface area contributed by atoms with Crippen molar-refractivity contribution in [2.45, 2.75) is 9.79 Å². The molecule has 7 heteroatoms. The quantitative estimate of drug-likeness (QED) is 0.745. The highest BCUT2D eigenvalue weighted by Crippen LogP contribution is 2.36. The SMILES string of the molecule is O=S(=O)(c1ccccc1)c1c(Cl)cnc2[nH]cc(Br)c12. The van der Waals surface area contributed by atoms with E-state index in [1.54, 1.807) is 36.5 Å². The smallest absolute Gasteiger partial charge is 0.208 e. The fraction of sp³-hybridized carbons (Fsp3) is 0. The highest BCUT2D eigenvalue weighted by Gasteiger charge is 2.26. The van der Waals surface area contributed by atoms with E-state index >= 15 is 0 Å². The lowest BCUT2D eigenvalue weighted by molar-refractivity contribution is 0.597. The number of rotatable bonds is 2. The second-order valence-corrected chi connectivity index (χ2v) is 7.26. The van der Waals surface area contributed by atoms with E-state index < -0.39 is 9.84 Å². The summed E-state index contributed by atoms with van der Waals surface area (Å²) in [5.74, 6) is 0. The number of nitrogens with zero attached hydrogens (tertiary/aromatic N) is 1. The Hall–Kier alpha value is -1.37. The second kappa shape index (κ2) is 4.87. The van der Waals surface area contributed by atoms with E-state index in [1.165, 1.54) is 6.20 Å². The van der Waals surface area contributed by atoms with Gasteiger partial charge in [0, 0.05) is 16.9 Å². The Morgan fingerprint density at radius 1 is 1.20 bits per heavy atom. The molecule has 0 aliphatic carbocycles. The third-order valence-corrected chi connectivity index (χ3v) is 5.76. The number of H-pyrrole nitrogens is 1. The summed E-state index contributed by atoms with van der Waals surface area (Å²) in [6.07, 6.45) is 2.97. The predicted molar refractivity (Wildman–Crippen MR) is 80.7 cm³/mol. The first-order chi connectivity index (χ1) is 9.51. The Bertz CT molecular complexity index is 891. The molecule has 0 fully saturated rings. The van der Waals surface area contributed by atoms with Crippen molar-refractivity contribution >= 4 is 48.4 Å². The zero-order valence-corrected chi connectivity index (χ0v) is 13.1. The van der Waals surface area contributed by atoms with Gasteiger partial charge in [-0.2, -0.15) is 0 Å². The van der Waals surface area contributed by atoms with Crippen molar-refractivity contribution in [2.75, 3.05) is 0 Å². The van der Waals surface area contributed by atoms with Gasteiger partial charge in [0.25, 0.3) is 0 Å². The molecule has 4 nitrogen and oxygen atoms in total. The molecule has 102 valence electrons. The molecule has 20 heavy (non-hydrogen) atoms. The number of pyridine rings is 1. The van der Waals surface area contributed by atoms with Gasteiger partial charge >= 0.3 is 0 Å². The summed E-state index contributed by atoms with van der Waals surface area (Å²) in [5, 5.41) is 0.558. The molecule has 0 atom stereocenters. The maximum Gasteiger partial charge on any atom is 0.208 e. The van der Waals surface area contributed by atoms with Crippen molar-refractivity contribution in [2.24, 2.45) is 0 Å². The number of halogens is 2. The summed E-state index contributed by atoms with van der Waals surface area (Å²) in [6.45, 7) is 0. The monoisotopic (exact) mass is 370 g/mol. The van der Waals surface area contributed by atoms with Crippen molar-refractivity contribution in [3.63, 3.8) is 0 Å². The van der Waals surface area contributed by atoms with Crippen LogP contribution in [0.3, 0.4) is 0 Å². The molecule has 3 rings (SSSR count). The Balaban J connectivity index is 2.40. The highest BCUT2D eigenvalue weighted by atomic mass is 79.9. The second-order valence-electron chi connectivity index (χ2n) is 4.11. The molecule has 2 aromatic heterocycles. The van der Waals surface area contributed by atoms with E-state index in [1.807, 2.05) is 0 Å². The van der Waals surface area contributed by atoms with E-state index in [4.69, 9.17) is 11.6 Å². The predicted octanol–water partition coefficient (Wildman–Crippen LogP) is 3.81. The van der Waals surface area contributed by atoms with Crippen LogP contribution in [0.15, 0.2) is 57.0 Å². The topological polar surface area (TPSA) is 62.8 Å². The molecule has 2 heterocycles. The lowest BCUT2D eigenvalue weighted by Gasteiger charge is -2.08. The average molecular weight is 372 g/mol. The van der Waals surface area contributed by atoms with Gasteiger partial charge in [0.2, 0.25) is 9.84 Å². The molecule has 0 saturated heterocycles. The lowest BCUT2D eigenvalue weighted by Crippen LogP contribution is -2.04. The van der Waals surface area contributed by atoms with Gasteiger partial charge in [-0.15, -0.1) is 0 Å². The molecule has 0 aliphatic rings. The maximum atomic E-state index is 12.8. The molecule has 1 aromatic carbocycles. The largest absolute Gasteiger partial charge is 0.345 e. The van der Waals surface area contributed by atoms with Crippen LogP contribution >= 0.6 is 27.5 Å². The van der Waals surface area contributed by atoms with Gasteiger partial charge in [-0.25, -0.2) is 13.4 Å². The number of sulfone groups is 1. The van der Waals surface area contributed by atoms with Crippen molar-refractivity contribution in [1.82, 2.24) is 9.97 Å². The number of benzene rings is 1. The van der Waals surface area contributed by atoms with Crippen LogP contribution in [0.4, 0.5) is 0 Å². The molecular formula is C13H8BrClN2O2S. The number of nitrogens with one attached hydrogen (secondary N) is 1. The van der Waals surface area contributed by atoms with Crippen LogP contribution in [-0.2, 0) is 9.84 Å². The molecule has 0 amide bonds. The van der Waals surface area contributed by atoms with Gasteiger partial charge in [-0.05, 0) is 28.1 Å². The number of hydrogen-bond acceptors (Lipinski definition) is 3. The molecule has 0 unspecified atom stereocenters. The van der Waals surface area contributed by atoms with Gasteiger partial charge in [0.15, 0.2) is 0 Å². The Morgan fingerprint density at radius 2 is 1.90 bits per heavy atom. The summed E-state index contributed by atoms with van der Waals surface area (Å²) in [6, 6.07) is 8.18. The van der Waals surface area contributed by atoms with E-state index in [2.05, 4.69) is 25.9 Å². The minimum absolute atomic E-state index is 0.0588. The van der Waals surface area contributed by atoms with Gasteiger partial charge in [-0.1, -0.05) is 29.8 Å². The molecule has 0 aliphatic heterocycles. The minimum Gasteiger partial charge on any atom is -0.345 e. The van der Waals surface area contributed by atoms with Crippen LogP contribution in [0, 0.1) is 0 Å². The van der Waals surface area contributed by atoms with Gasteiger partial charge < -0.3 is 4.98 Å². The highest BCUT2D eigenvalue weighted by molar-refractivity contribution is 9.10. The first-order valence-corrected chi connectivity index (χ1v) is 8.28.